The van der Waals surface area contributed by atoms with Crippen LogP contribution in [0.3, 0.4) is 0 Å². The van der Waals surface area contributed by atoms with Crippen molar-refractivity contribution in [3.8, 4) is 11.5 Å². The van der Waals surface area contributed by atoms with E-state index in [4.69, 9.17) is 9.47 Å². The van der Waals surface area contributed by atoms with Gasteiger partial charge in [-0.1, -0.05) is 31.5 Å². The second-order valence-corrected chi connectivity index (χ2v) is 14.3. The van der Waals surface area contributed by atoms with Crippen LogP contribution in [0.2, 0.25) is 0 Å². The number of ketones is 1. The highest BCUT2D eigenvalue weighted by atomic mass is 32.2. The molecule has 6 nitrogen and oxygen atoms in total. The third-order valence-electron chi connectivity index (χ3n) is 8.41. The van der Waals surface area contributed by atoms with Crippen LogP contribution in [0.1, 0.15) is 38.7 Å². The van der Waals surface area contributed by atoms with E-state index >= 15 is 0 Å². The Morgan fingerprint density at radius 2 is 1.28 bits per heavy atom. The molecule has 2 atom stereocenters. The van der Waals surface area contributed by atoms with Crippen molar-refractivity contribution in [1.82, 2.24) is 0 Å². The molecular weight excluding hydrogens is 532 g/mol. The summed E-state index contributed by atoms with van der Waals surface area (Å²) >= 11 is 0. The van der Waals surface area contributed by atoms with Crippen molar-refractivity contribution in [2.45, 2.75) is 54.7 Å². The van der Waals surface area contributed by atoms with Crippen molar-refractivity contribution in [2.24, 2.45) is 16.7 Å². The Balaban J connectivity index is 0.000000202. The van der Waals surface area contributed by atoms with Crippen LogP contribution < -0.4 is 9.47 Å². The summed E-state index contributed by atoms with van der Waals surface area (Å²) in [6.45, 7) is 5.95. The molecule has 3 aromatic rings. The SMILES string of the molecule is CC1(C)C2CCC1(CS(=O)(=O)[O-])C(=O)C2.COc1ccc([S+](c2ccc(C)cc2)c2ccc(OC)cc2)cc1. The van der Waals surface area contributed by atoms with E-state index in [1.54, 1.807) is 14.2 Å². The molecule has 2 fully saturated rings. The number of hydrogen-bond donors (Lipinski definition) is 0. The first kappa shape index (κ1) is 29.2. The van der Waals surface area contributed by atoms with E-state index in [1.165, 1.54) is 20.2 Å². The van der Waals surface area contributed by atoms with Gasteiger partial charge in [-0.3, -0.25) is 4.79 Å². The summed E-state index contributed by atoms with van der Waals surface area (Å²) in [5.41, 5.74) is 0.0477. The molecule has 0 amide bonds. The van der Waals surface area contributed by atoms with E-state index in [0.717, 1.165) is 17.9 Å². The van der Waals surface area contributed by atoms with Crippen molar-refractivity contribution < 1.29 is 27.2 Å². The Morgan fingerprint density at radius 1 is 0.846 bits per heavy atom. The molecular formula is C31H36O6S2. The predicted octanol–water partition coefficient (Wildman–Crippen LogP) is 6.03. The average molecular weight is 569 g/mol. The zero-order valence-electron chi connectivity index (χ0n) is 23.1. The second-order valence-electron chi connectivity index (χ2n) is 10.8. The fraction of sp³-hybridized carbons (Fsp3) is 0.387. The van der Waals surface area contributed by atoms with E-state index in [-0.39, 0.29) is 28.0 Å². The lowest BCUT2D eigenvalue weighted by atomic mass is 9.70. The number of methoxy groups -OCH3 is 2. The standard InChI is InChI=1S/C21H21O2S.C10H16O4S/c1-16-4-10-19(11-5-16)24(20-12-6-17(22-2)7-13-20)21-14-8-18(23-3)9-15-21;1-9(2)7-3-4-10(9,8(11)5-7)6-15(12,13)14/h4-15H,1-3H3;7H,3-6H2,1-2H3,(H,12,13,14)/q+1;/p-1. The zero-order chi connectivity index (χ0) is 28.4. The molecule has 5 rings (SSSR count). The second kappa shape index (κ2) is 11.4. The molecule has 0 aromatic heterocycles. The molecule has 0 radical (unpaired) electrons. The molecule has 0 heterocycles. The molecule has 8 heteroatoms. The highest BCUT2D eigenvalue weighted by molar-refractivity contribution is 7.97. The van der Waals surface area contributed by atoms with E-state index in [9.17, 15) is 17.8 Å². The molecule has 208 valence electrons. The first-order chi connectivity index (χ1) is 18.4. The van der Waals surface area contributed by atoms with Crippen LogP contribution in [0.5, 0.6) is 11.5 Å². The van der Waals surface area contributed by atoms with Crippen molar-refractivity contribution in [2.75, 3.05) is 20.0 Å². The minimum absolute atomic E-state index is 0.0248. The highest BCUT2D eigenvalue weighted by Crippen LogP contribution is 2.64. The van der Waals surface area contributed by atoms with Crippen LogP contribution in [-0.4, -0.2) is 38.7 Å². The van der Waals surface area contributed by atoms with Crippen LogP contribution in [0, 0.1) is 23.7 Å². The van der Waals surface area contributed by atoms with Crippen LogP contribution in [0.15, 0.2) is 87.5 Å². The van der Waals surface area contributed by atoms with Crippen molar-refractivity contribution >= 4 is 26.8 Å². The van der Waals surface area contributed by atoms with Crippen LogP contribution >= 0.6 is 0 Å². The normalized spacial score (nSPS) is 21.4. The summed E-state index contributed by atoms with van der Waals surface area (Å²) in [5, 5.41) is 0. The third kappa shape index (κ3) is 6.03. The van der Waals surface area contributed by atoms with E-state index < -0.39 is 21.3 Å². The Kier molecular flexibility index (Phi) is 8.50. The molecule has 3 aromatic carbocycles. The van der Waals surface area contributed by atoms with E-state index in [0.29, 0.717) is 12.8 Å². The molecule has 2 unspecified atom stereocenters. The van der Waals surface area contributed by atoms with Crippen LogP contribution in [-0.2, 0) is 25.8 Å². The summed E-state index contributed by atoms with van der Waals surface area (Å²) in [4.78, 5) is 15.7. The molecule has 2 bridgehead atoms. The van der Waals surface area contributed by atoms with Gasteiger partial charge in [-0.05, 0) is 91.8 Å². The lowest BCUT2D eigenvalue weighted by molar-refractivity contribution is -0.128. The van der Waals surface area contributed by atoms with E-state index in [1.807, 2.05) is 38.1 Å². The van der Waals surface area contributed by atoms with Gasteiger partial charge >= 0.3 is 0 Å². The number of rotatable bonds is 7. The van der Waals surface area contributed by atoms with Crippen molar-refractivity contribution in [3.63, 3.8) is 0 Å². The third-order valence-corrected chi connectivity index (χ3v) is 11.5. The fourth-order valence-electron chi connectivity index (χ4n) is 5.92. The predicted molar refractivity (Wildman–Crippen MR) is 152 cm³/mol. The molecule has 2 saturated carbocycles. The Labute approximate surface area is 234 Å². The quantitative estimate of drug-likeness (QED) is 0.255. The summed E-state index contributed by atoms with van der Waals surface area (Å²) in [7, 11) is -1.10. The van der Waals surface area contributed by atoms with Crippen LogP contribution in [0.25, 0.3) is 0 Å². The first-order valence-electron chi connectivity index (χ1n) is 13.0. The number of benzene rings is 3. The maximum atomic E-state index is 11.8. The number of carbonyl (C=O) groups is 1. The van der Waals surface area contributed by atoms with Crippen molar-refractivity contribution in [3.05, 3.63) is 78.4 Å². The van der Waals surface area contributed by atoms with E-state index in [2.05, 4.69) is 55.5 Å². The van der Waals surface area contributed by atoms with Gasteiger partial charge < -0.3 is 14.0 Å². The maximum Gasteiger partial charge on any atom is 0.166 e. The zero-order valence-corrected chi connectivity index (χ0v) is 24.7. The number of Topliss-reactive ketones (excluding diaryl/α,β-unsaturated/α-hetero) is 1. The molecule has 0 saturated heterocycles. The lowest BCUT2D eigenvalue weighted by Gasteiger charge is -2.37. The number of fused-ring (bicyclic) bond motifs is 2. The molecule has 0 spiro atoms. The smallest absolute Gasteiger partial charge is 0.166 e. The molecule has 0 aliphatic heterocycles. The van der Waals surface area contributed by atoms with Gasteiger partial charge in [0.1, 0.15) is 17.3 Å². The first-order valence-corrected chi connectivity index (χ1v) is 15.8. The molecule has 39 heavy (non-hydrogen) atoms. The van der Waals surface area contributed by atoms with Gasteiger partial charge in [0, 0.05) is 11.8 Å². The number of carbonyl (C=O) groups excluding carboxylic acids is 1. The topological polar surface area (TPSA) is 92.7 Å². The molecule has 2 aliphatic carbocycles. The molecule has 2 aliphatic rings. The van der Waals surface area contributed by atoms with Crippen LogP contribution in [0.4, 0.5) is 0 Å². The Morgan fingerprint density at radius 3 is 1.62 bits per heavy atom. The van der Waals surface area contributed by atoms with Crippen molar-refractivity contribution in [1.29, 1.82) is 0 Å². The minimum atomic E-state index is -4.33. The number of hydrogen-bond acceptors (Lipinski definition) is 6. The number of ether oxygens (including phenoxy) is 2. The monoisotopic (exact) mass is 568 g/mol. The van der Waals surface area contributed by atoms with Gasteiger partial charge in [-0.15, -0.1) is 0 Å². The summed E-state index contributed by atoms with van der Waals surface area (Å²) in [6, 6.07) is 25.4. The average Bonchev–Trinajstić information content (AvgIpc) is 3.24. The largest absolute Gasteiger partial charge is 0.748 e. The van der Waals surface area contributed by atoms with Gasteiger partial charge in [0.2, 0.25) is 0 Å². The van der Waals surface area contributed by atoms with Gasteiger partial charge in [0.15, 0.2) is 14.7 Å². The number of aryl methyl sites for hydroxylation is 1. The Hall–Kier alpha value is -2.81. The van der Waals surface area contributed by atoms with Gasteiger partial charge in [0.05, 0.1) is 41.0 Å². The summed E-state index contributed by atoms with van der Waals surface area (Å²) in [6.07, 6.45) is 1.88. The highest BCUT2D eigenvalue weighted by Gasteiger charge is 2.64. The van der Waals surface area contributed by atoms with Gasteiger partial charge in [-0.2, -0.15) is 0 Å². The fourth-order valence-corrected chi connectivity index (χ4v) is 9.24. The van der Waals surface area contributed by atoms with Gasteiger partial charge in [-0.25, -0.2) is 8.42 Å². The molecule has 0 N–H and O–H groups in total. The lowest BCUT2D eigenvalue weighted by Crippen LogP contribution is -2.42. The Bertz CT molecular complexity index is 1350. The minimum Gasteiger partial charge on any atom is -0.748 e. The summed E-state index contributed by atoms with van der Waals surface area (Å²) < 4.78 is 43.3. The van der Waals surface area contributed by atoms with Gasteiger partial charge in [0.25, 0.3) is 0 Å². The maximum absolute atomic E-state index is 11.8. The summed E-state index contributed by atoms with van der Waals surface area (Å²) in [5.74, 6) is 1.47.